The smallest absolute Gasteiger partial charge is 0.264 e. The maximum atomic E-state index is 13.7. The third-order valence-corrected chi connectivity index (χ3v) is 7.93. The van der Waals surface area contributed by atoms with Crippen molar-refractivity contribution in [1.29, 1.82) is 0 Å². The Labute approximate surface area is 218 Å². The van der Waals surface area contributed by atoms with E-state index in [1.54, 1.807) is 37.3 Å². The number of sulfonamides is 1. The van der Waals surface area contributed by atoms with E-state index in [9.17, 15) is 22.4 Å². The van der Waals surface area contributed by atoms with Crippen molar-refractivity contribution in [3.05, 3.63) is 95.8 Å². The number of benzene rings is 3. The molecule has 0 aliphatic heterocycles. The summed E-state index contributed by atoms with van der Waals surface area (Å²) in [5.41, 5.74) is 1.96. The minimum Gasteiger partial charge on any atom is -0.357 e. The first-order valence-electron chi connectivity index (χ1n) is 12.0. The lowest BCUT2D eigenvalue weighted by Gasteiger charge is -2.31. The van der Waals surface area contributed by atoms with Crippen molar-refractivity contribution in [1.82, 2.24) is 10.2 Å². The first-order chi connectivity index (χ1) is 17.5. The highest BCUT2D eigenvalue weighted by molar-refractivity contribution is 7.92. The monoisotopic (exact) mass is 525 g/mol. The molecule has 0 aromatic heterocycles. The summed E-state index contributed by atoms with van der Waals surface area (Å²) >= 11 is 0. The Bertz CT molecular complexity index is 1310. The van der Waals surface area contributed by atoms with Crippen molar-refractivity contribution in [3.63, 3.8) is 0 Å². The number of carbonyl (C=O) groups is 2. The van der Waals surface area contributed by atoms with Crippen LogP contribution in [0, 0.1) is 5.82 Å². The molecule has 1 atom stereocenters. The summed E-state index contributed by atoms with van der Waals surface area (Å²) in [6.45, 7) is 5.10. The largest absolute Gasteiger partial charge is 0.357 e. The quantitative estimate of drug-likeness (QED) is 0.428. The number of nitrogens with zero attached hydrogens (tertiary/aromatic N) is 2. The van der Waals surface area contributed by atoms with Crippen LogP contribution in [0.25, 0.3) is 0 Å². The molecular weight excluding hydrogens is 493 g/mol. The van der Waals surface area contributed by atoms with Gasteiger partial charge in [0.1, 0.15) is 18.4 Å². The van der Waals surface area contributed by atoms with Gasteiger partial charge in [0.15, 0.2) is 0 Å². The summed E-state index contributed by atoms with van der Waals surface area (Å²) in [4.78, 5) is 27.5. The molecule has 0 fully saturated rings. The van der Waals surface area contributed by atoms with Crippen LogP contribution in [0.2, 0.25) is 0 Å². The highest BCUT2D eigenvalue weighted by Crippen LogP contribution is 2.26. The molecule has 0 saturated carbocycles. The first-order valence-corrected chi connectivity index (χ1v) is 13.4. The molecule has 0 aliphatic rings. The van der Waals surface area contributed by atoms with Crippen LogP contribution in [0.15, 0.2) is 83.8 Å². The summed E-state index contributed by atoms with van der Waals surface area (Å²) in [6, 6.07) is 19.6. The minimum atomic E-state index is -4.11. The molecule has 3 rings (SSSR count). The topological polar surface area (TPSA) is 86.8 Å². The Morgan fingerprint density at radius 2 is 1.49 bits per heavy atom. The van der Waals surface area contributed by atoms with Crippen molar-refractivity contribution in [3.8, 4) is 0 Å². The third kappa shape index (κ3) is 6.74. The number of rotatable bonds is 10. The van der Waals surface area contributed by atoms with Crippen LogP contribution >= 0.6 is 0 Å². The van der Waals surface area contributed by atoms with Gasteiger partial charge in [0.05, 0.1) is 10.6 Å². The van der Waals surface area contributed by atoms with Crippen LogP contribution in [-0.4, -0.2) is 44.8 Å². The van der Waals surface area contributed by atoms with Crippen LogP contribution in [0.5, 0.6) is 0 Å². The molecule has 0 aliphatic carbocycles. The van der Waals surface area contributed by atoms with Gasteiger partial charge < -0.3 is 10.2 Å². The maximum absolute atomic E-state index is 13.7. The molecule has 0 spiro atoms. The van der Waals surface area contributed by atoms with Crippen molar-refractivity contribution in [2.24, 2.45) is 0 Å². The van der Waals surface area contributed by atoms with Gasteiger partial charge in [-0.05, 0) is 60.4 Å². The van der Waals surface area contributed by atoms with E-state index in [2.05, 4.69) is 5.32 Å². The van der Waals surface area contributed by atoms with Crippen molar-refractivity contribution < 1.29 is 22.4 Å². The number of nitrogens with one attached hydrogen (secondary N) is 1. The molecule has 37 heavy (non-hydrogen) atoms. The number of anilines is 1. The average molecular weight is 526 g/mol. The van der Waals surface area contributed by atoms with Crippen LogP contribution < -0.4 is 9.62 Å². The van der Waals surface area contributed by atoms with Crippen molar-refractivity contribution in [2.45, 2.75) is 44.2 Å². The first kappa shape index (κ1) is 27.9. The van der Waals surface area contributed by atoms with E-state index in [-0.39, 0.29) is 17.4 Å². The number of hydrogen-bond acceptors (Lipinski definition) is 4. The zero-order valence-corrected chi connectivity index (χ0v) is 22.2. The lowest BCUT2D eigenvalue weighted by molar-refractivity contribution is -0.139. The fourth-order valence-corrected chi connectivity index (χ4v) is 5.29. The Balaban J connectivity index is 2.02. The molecule has 0 radical (unpaired) electrons. The Morgan fingerprint density at radius 1 is 0.892 bits per heavy atom. The van der Waals surface area contributed by atoms with Gasteiger partial charge in [-0.1, -0.05) is 56.3 Å². The molecule has 7 nitrogen and oxygen atoms in total. The Kier molecular flexibility index (Phi) is 9.04. The highest BCUT2D eigenvalue weighted by Gasteiger charge is 2.32. The second-order valence-electron chi connectivity index (χ2n) is 9.01. The fraction of sp³-hybridized carbons (Fsp3) is 0.286. The predicted octanol–water partition coefficient (Wildman–Crippen LogP) is 4.31. The van der Waals surface area contributed by atoms with Crippen LogP contribution in [0.1, 0.15) is 37.8 Å². The van der Waals surface area contributed by atoms with Crippen molar-refractivity contribution in [2.75, 3.05) is 17.9 Å². The maximum Gasteiger partial charge on any atom is 0.264 e. The normalized spacial score (nSPS) is 12.2. The van der Waals surface area contributed by atoms with Gasteiger partial charge in [0, 0.05) is 13.6 Å². The molecule has 3 aromatic carbocycles. The van der Waals surface area contributed by atoms with E-state index in [1.165, 1.54) is 48.3 Å². The highest BCUT2D eigenvalue weighted by atomic mass is 32.2. The lowest BCUT2D eigenvalue weighted by atomic mass is 10.0. The second kappa shape index (κ2) is 12.0. The number of halogens is 1. The van der Waals surface area contributed by atoms with Gasteiger partial charge in [0.25, 0.3) is 10.0 Å². The molecule has 2 amide bonds. The van der Waals surface area contributed by atoms with Gasteiger partial charge in [-0.15, -0.1) is 0 Å². The fourth-order valence-electron chi connectivity index (χ4n) is 3.85. The molecule has 9 heteroatoms. The minimum absolute atomic E-state index is 0.000782. The van der Waals surface area contributed by atoms with E-state index in [1.807, 2.05) is 26.0 Å². The summed E-state index contributed by atoms with van der Waals surface area (Å²) in [6.07, 6.45) is 0. The van der Waals surface area contributed by atoms with E-state index < -0.39 is 40.2 Å². The molecule has 0 saturated heterocycles. The van der Waals surface area contributed by atoms with Crippen LogP contribution in [0.4, 0.5) is 10.1 Å². The standard InChI is InChI=1S/C28H32FN3O4S/c1-20(2)23-12-16-25(17-13-23)32(37(35,36)26-8-6-5-7-9-26)19-27(33)31(21(3)28(34)30-4)18-22-10-14-24(29)15-11-22/h5-17,20-21H,18-19H2,1-4H3,(H,30,34)/t21-/m0/s1. The zero-order chi connectivity index (χ0) is 27.2. The van der Waals surface area contributed by atoms with Crippen LogP contribution in [0.3, 0.4) is 0 Å². The molecule has 0 heterocycles. The van der Waals surface area contributed by atoms with Crippen molar-refractivity contribution >= 4 is 27.5 Å². The molecule has 1 N–H and O–H groups in total. The van der Waals surface area contributed by atoms with Gasteiger partial charge in [-0.3, -0.25) is 13.9 Å². The molecule has 0 unspecified atom stereocenters. The molecular formula is C28H32FN3O4S. The molecule has 0 bridgehead atoms. The van der Waals surface area contributed by atoms with Gasteiger partial charge in [0.2, 0.25) is 11.8 Å². The van der Waals surface area contributed by atoms with E-state index >= 15 is 0 Å². The number of amides is 2. The second-order valence-corrected chi connectivity index (χ2v) is 10.9. The SMILES string of the molecule is CNC(=O)[C@H](C)N(Cc1ccc(F)cc1)C(=O)CN(c1ccc(C(C)C)cc1)S(=O)(=O)c1ccccc1. The van der Waals surface area contributed by atoms with Gasteiger partial charge in [-0.2, -0.15) is 0 Å². The third-order valence-electron chi connectivity index (χ3n) is 6.14. The van der Waals surface area contributed by atoms with Gasteiger partial charge >= 0.3 is 0 Å². The van der Waals surface area contributed by atoms with Crippen LogP contribution in [-0.2, 0) is 26.2 Å². The molecule has 196 valence electrons. The number of likely N-dealkylation sites (N-methyl/N-ethyl adjacent to an activating group) is 1. The summed E-state index contributed by atoms with van der Waals surface area (Å²) in [5, 5.41) is 2.53. The lowest BCUT2D eigenvalue weighted by Crippen LogP contribution is -2.50. The number of carbonyl (C=O) groups excluding carboxylic acids is 2. The zero-order valence-electron chi connectivity index (χ0n) is 21.4. The number of hydrogen-bond donors (Lipinski definition) is 1. The summed E-state index contributed by atoms with van der Waals surface area (Å²) < 4.78 is 41.9. The summed E-state index contributed by atoms with van der Waals surface area (Å²) in [5.74, 6) is -1.16. The average Bonchev–Trinajstić information content (AvgIpc) is 2.90. The molecule has 3 aromatic rings. The predicted molar refractivity (Wildman–Crippen MR) is 142 cm³/mol. The summed E-state index contributed by atoms with van der Waals surface area (Å²) in [7, 11) is -2.65. The Hall–Kier alpha value is -3.72. The Morgan fingerprint density at radius 3 is 2.03 bits per heavy atom. The van der Waals surface area contributed by atoms with E-state index in [4.69, 9.17) is 0 Å². The van der Waals surface area contributed by atoms with Gasteiger partial charge in [-0.25, -0.2) is 12.8 Å². The van der Waals surface area contributed by atoms with E-state index in [0.29, 0.717) is 11.3 Å². The van der Waals surface area contributed by atoms with E-state index in [0.717, 1.165) is 9.87 Å².